The van der Waals surface area contributed by atoms with Crippen LogP contribution in [0.2, 0.25) is 0 Å². The maximum atomic E-state index is 13.1. The van der Waals surface area contributed by atoms with E-state index in [0.29, 0.717) is 65.7 Å². The molecule has 190 valence electrons. The number of nitrogens with zero attached hydrogens (tertiary/aromatic N) is 2. The number of benzene rings is 2. The zero-order chi connectivity index (χ0) is 25.9. The highest BCUT2D eigenvalue weighted by atomic mass is 16.5. The van der Waals surface area contributed by atoms with Crippen molar-refractivity contribution in [2.24, 2.45) is 0 Å². The Bertz CT molecular complexity index is 1500. The van der Waals surface area contributed by atoms with E-state index in [9.17, 15) is 14.4 Å². The van der Waals surface area contributed by atoms with Crippen molar-refractivity contribution in [1.29, 1.82) is 0 Å². The minimum absolute atomic E-state index is 0.0414. The first-order chi connectivity index (χ1) is 17.9. The van der Waals surface area contributed by atoms with Crippen LogP contribution in [0.4, 0.5) is 5.69 Å². The lowest BCUT2D eigenvalue weighted by Gasteiger charge is -2.27. The number of anilines is 1. The van der Waals surface area contributed by atoms with Crippen LogP contribution in [0.25, 0.3) is 16.7 Å². The summed E-state index contributed by atoms with van der Waals surface area (Å²) in [5.41, 5.74) is 2.21. The average molecular weight is 501 g/mol. The van der Waals surface area contributed by atoms with Gasteiger partial charge in [-0.25, -0.2) is 0 Å². The molecule has 9 heteroatoms. The van der Waals surface area contributed by atoms with Crippen molar-refractivity contribution in [3.8, 4) is 11.4 Å². The van der Waals surface area contributed by atoms with E-state index in [1.165, 1.54) is 10.6 Å². The fraction of sp³-hybridized carbons (Fsp3) is 0.250. The predicted molar refractivity (Wildman–Crippen MR) is 141 cm³/mol. The number of pyridine rings is 1. The standard InChI is InChI=1S/C28H28N4O5/c1-18(2)37-23-9-7-22(8-10-23)32-25(33)11-6-19-17-24(30-26(19)32)27(34)29-21-5-3-4-20(16-21)28(35)31-12-14-36-15-13-31/h3-11,16-18,30H,12-15H2,1-2H3,(H,29,34). The Labute approximate surface area is 213 Å². The highest BCUT2D eigenvalue weighted by Crippen LogP contribution is 2.21. The topological polar surface area (TPSA) is 106 Å². The van der Waals surface area contributed by atoms with Crippen LogP contribution in [0.3, 0.4) is 0 Å². The van der Waals surface area contributed by atoms with Gasteiger partial charge in [0, 0.05) is 35.8 Å². The van der Waals surface area contributed by atoms with Gasteiger partial charge in [-0.1, -0.05) is 6.07 Å². The smallest absolute Gasteiger partial charge is 0.272 e. The first-order valence-electron chi connectivity index (χ1n) is 12.2. The van der Waals surface area contributed by atoms with Crippen LogP contribution < -0.4 is 15.6 Å². The molecule has 1 saturated heterocycles. The zero-order valence-electron chi connectivity index (χ0n) is 20.7. The Hall–Kier alpha value is -4.37. The maximum absolute atomic E-state index is 13.1. The van der Waals surface area contributed by atoms with Gasteiger partial charge in [0.1, 0.15) is 17.1 Å². The summed E-state index contributed by atoms with van der Waals surface area (Å²) in [5, 5.41) is 3.56. The summed E-state index contributed by atoms with van der Waals surface area (Å²) in [6.07, 6.45) is 0.0414. The number of hydrogen-bond acceptors (Lipinski definition) is 5. The van der Waals surface area contributed by atoms with Crippen molar-refractivity contribution < 1.29 is 19.1 Å². The second-order valence-electron chi connectivity index (χ2n) is 9.09. The third kappa shape index (κ3) is 5.26. The number of ether oxygens (including phenoxy) is 2. The molecule has 2 aromatic heterocycles. The number of carbonyl (C=O) groups is 2. The molecule has 2 amide bonds. The monoisotopic (exact) mass is 500 g/mol. The molecule has 0 spiro atoms. The third-order valence-electron chi connectivity index (χ3n) is 6.05. The third-order valence-corrected chi connectivity index (χ3v) is 6.05. The predicted octanol–water partition coefficient (Wildman–Crippen LogP) is 3.83. The molecule has 0 radical (unpaired) electrons. The highest BCUT2D eigenvalue weighted by Gasteiger charge is 2.19. The van der Waals surface area contributed by atoms with E-state index in [4.69, 9.17) is 9.47 Å². The van der Waals surface area contributed by atoms with Gasteiger partial charge in [-0.3, -0.25) is 19.0 Å². The molecule has 0 atom stereocenters. The molecule has 1 aliphatic heterocycles. The molecule has 0 saturated carbocycles. The molecule has 5 rings (SSSR count). The van der Waals surface area contributed by atoms with E-state index < -0.39 is 0 Å². The number of aromatic amines is 1. The van der Waals surface area contributed by atoms with Gasteiger partial charge in [-0.2, -0.15) is 0 Å². The molecular formula is C28H28N4O5. The van der Waals surface area contributed by atoms with Gasteiger partial charge in [0.15, 0.2) is 0 Å². The number of morpholine rings is 1. The minimum atomic E-state index is -0.383. The molecule has 0 bridgehead atoms. The van der Waals surface area contributed by atoms with Gasteiger partial charge in [-0.15, -0.1) is 0 Å². The van der Waals surface area contributed by atoms with E-state index >= 15 is 0 Å². The summed E-state index contributed by atoms with van der Waals surface area (Å²) >= 11 is 0. The van der Waals surface area contributed by atoms with Crippen LogP contribution in [0.15, 0.2) is 71.5 Å². The van der Waals surface area contributed by atoms with Gasteiger partial charge in [-0.05, 0) is 68.4 Å². The Morgan fingerprint density at radius 3 is 2.49 bits per heavy atom. The molecule has 1 aliphatic rings. The second kappa shape index (κ2) is 10.3. The summed E-state index contributed by atoms with van der Waals surface area (Å²) in [6, 6.07) is 18.9. The Morgan fingerprint density at radius 2 is 1.76 bits per heavy atom. The molecule has 4 aromatic rings. The van der Waals surface area contributed by atoms with Crippen molar-refractivity contribution in [2.45, 2.75) is 20.0 Å². The van der Waals surface area contributed by atoms with Crippen molar-refractivity contribution in [3.05, 3.63) is 88.3 Å². The fourth-order valence-electron chi connectivity index (χ4n) is 4.32. The van der Waals surface area contributed by atoms with Gasteiger partial charge < -0.3 is 24.7 Å². The summed E-state index contributed by atoms with van der Waals surface area (Å²) in [5.74, 6) is 0.227. The van der Waals surface area contributed by atoms with Gasteiger partial charge in [0.25, 0.3) is 17.4 Å². The number of carbonyl (C=O) groups excluding carboxylic acids is 2. The summed E-state index contributed by atoms with van der Waals surface area (Å²) in [6.45, 7) is 6.01. The van der Waals surface area contributed by atoms with Crippen LogP contribution in [0, 0.1) is 0 Å². The second-order valence-corrected chi connectivity index (χ2v) is 9.09. The van der Waals surface area contributed by atoms with E-state index in [2.05, 4.69) is 10.3 Å². The van der Waals surface area contributed by atoms with Gasteiger partial charge in [0.2, 0.25) is 0 Å². The van der Waals surface area contributed by atoms with Crippen molar-refractivity contribution in [1.82, 2.24) is 14.5 Å². The molecule has 3 heterocycles. The fourth-order valence-corrected chi connectivity index (χ4v) is 4.32. The Balaban J connectivity index is 1.39. The Morgan fingerprint density at radius 1 is 1.00 bits per heavy atom. The van der Waals surface area contributed by atoms with E-state index in [-0.39, 0.29) is 23.5 Å². The average Bonchev–Trinajstić information content (AvgIpc) is 3.34. The minimum Gasteiger partial charge on any atom is -0.491 e. The van der Waals surface area contributed by atoms with Crippen molar-refractivity contribution >= 4 is 28.5 Å². The lowest BCUT2D eigenvalue weighted by molar-refractivity contribution is 0.0303. The lowest BCUT2D eigenvalue weighted by atomic mass is 10.1. The molecular weight excluding hydrogens is 472 g/mol. The summed E-state index contributed by atoms with van der Waals surface area (Å²) in [7, 11) is 0. The van der Waals surface area contributed by atoms with Crippen molar-refractivity contribution in [3.63, 3.8) is 0 Å². The van der Waals surface area contributed by atoms with Crippen LogP contribution in [0.1, 0.15) is 34.7 Å². The largest absolute Gasteiger partial charge is 0.491 e. The molecule has 1 fully saturated rings. The SMILES string of the molecule is CC(C)Oc1ccc(-n2c(=O)ccc3cc(C(=O)Nc4cccc(C(=O)N5CCOCC5)c4)[nH]c32)cc1. The Kier molecular flexibility index (Phi) is 6.78. The van der Waals surface area contributed by atoms with E-state index in [0.717, 1.165) is 0 Å². The number of nitrogens with one attached hydrogen (secondary N) is 2. The van der Waals surface area contributed by atoms with Crippen LogP contribution in [0.5, 0.6) is 5.75 Å². The number of rotatable bonds is 6. The molecule has 2 N–H and O–H groups in total. The lowest BCUT2D eigenvalue weighted by Crippen LogP contribution is -2.40. The summed E-state index contributed by atoms with van der Waals surface area (Å²) in [4.78, 5) is 43.5. The van der Waals surface area contributed by atoms with Crippen molar-refractivity contribution in [2.75, 3.05) is 31.6 Å². The molecule has 2 aromatic carbocycles. The number of aromatic nitrogens is 2. The van der Waals surface area contributed by atoms with Gasteiger partial charge >= 0.3 is 0 Å². The highest BCUT2D eigenvalue weighted by molar-refractivity contribution is 6.06. The van der Waals surface area contributed by atoms with E-state index in [1.54, 1.807) is 53.4 Å². The molecule has 37 heavy (non-hydrogen) atoms. The number of H-pyrrole nitrogens is 1. The van der Waals surface area contributed by atoms with Crippen LogP contribution in [-0.4, -0.2) is 58.7 Å². The summed E-state index contributed by atoms with van der Waals surface area (Å²) < 4.78 is 12.5. The van der Waals surface area contributed by atoms with Crippen LogP contribution in [-0.2, 0) is 4.74 Å². The molecule has 9 nitrogen and oxygen atoms in total. The van der Waals surface area contributed by atoms with Crippen LogP contribution >= 0.6 is 0 Å². The van der Waals surface area contributed by atoms with Gasteiger partial charge in [0.05, 0.1) is 25.0 Å². The van der Waals surface area contributed by atoms with E-state index in [1.807, 2.05) is 26.0 Å². The zero-order valence-corrected chi connectivity index (χ0v) is 20.7. The quantitative estimate of drug-likeness (QED) is 0.419. The normalized spacial score (nSPS) is 13.6. The first kappa shape index (κ1) is 24.3. The number of fused-ring (bicyclic) bond motifs is 1. The number of amides is 2. The molecule has 0 aliphatic carbocycles. The first-order valence-corrected chi connectivity index (χ1v) is 12.2. The maximum Gasteiger partial charge on any atom is 0.272 e. The molecule has 0 unspecified atom stereocenters. The number of hydrogen-bond donors (Lipinski definition) is 2.